The SMILES string of the molecule is CC1(C)c2cc3c(cc2-c2ccc4ccccc4c21)c1ccccc1n3-c1ccc(-c2nc(-c3ccc4c(c3)oc3ccccc34)nc(-c3cccc4oc5ccccc5c34)n2)c2ccccc12. The molecule has 0 N–H and O–H groups in total. The van der Waals surface area contributed by atoms with Crippen molar-refractivity contribution in [2.45, 2.75) is 19.3 Å². The van der Waals surface area contributed by atoms with E-state index < -0.39 is 0 Å². The Morgan fingerprint density at radius 2 is 1.01 bits per heavy atom. The lowest BCUT2D eigenvalue weighted by atomic mass is 9.80. The van der Waals surface area contributed by atoms with E-state index in [0.29, 0.717) is 17.5 Å². The van der Waals surface area contributed by atoms with E-state index in [0.717, 1.165) is 82.5 Å². The highest BCUT2D eigenvalue weighted by molar-refractivity contribution is 6.15. The van der Waals surface area contributed by atoms with Gasteiger partial charge in [0.2, 0.25) is 0 Å². The van der Waals surface area contributed by atoms with Gasteiger partial charge < -0.3 is 13.4 Å². The van der Waals surface area contributed by atoms with Crippen molar-refractivity contribution in [1.29, 1.82) is 0 Å². The van der Waals surface area contributed by atoms with Crippen molar-refractivity contribution in [3.63, 3.8) is 0 Å². The molecule has 6 nitrogen and oxygen atoms in total. The van der Waals surface area contributed by atoms with Crippen LogP contribution in [-0.2, 0) is 5.41 Å². The molecular formula is C62H38N4O2. The van der Waals surface area contributed by atoms with Crippen molar-refractivity contribution in [1.82, 2.24) is 19.5 Å². The van der Waals surface area contributed by atoms with Crippen molar-refractivity contribution in [3.05, 3.63) is 205 Å². The monoisotopic (exact) mass is 870 g/mol. The summed E-state index contributed by atoms with van der Waals surface area (Å²) in [6.07, 6.45) is 0. The average molecular weight is 871 g/mol. The Hall–Kier alpha value is -8.87. The van der Waals surface area contributed by atoms with Gasteiger partial charge in [-0.15, -0.1) is 0 Å². The van der Waals surface area contributed by atoms with Gasteiger partial charge in [-0.25, -0.2) is 15.0 Å². The molecule has 0 saturated carbocycles. The molecule has 68 heavy (non-hydrogen) atoms. The fourth-order valence-electron chi connectivity index (χ4n) is 11.6. The van der Waals surface area contributed by atoms with Gasteiger partial charge >= 0.3 is 0 Å². The number of benzene rings is 10. The molecule has 0 unspecified atom stereocenters. The van der Waals surface area contributed by atoms with Crippen molar-refractivity contribution >= 4 is 87.2 Å². The number of hydrogen-bond acceptors (Lipinski definition) is 5. The lowest BCUT2D eigenvalue weighted by molar-refractivity contribution is 0.667. The van der Waals surface area contributed by atoms with Crippen LogP contribution in [0.15, 0.2) is 203 Å². The van der Waals surface area contributed by atoms with Crippen molar-refractivity contribution < 1.29 is 8.83 Å². The third-order valence-corrected chi connectivity index (χ3v) is 14.6. The van der Waals surface area contributed by atoms with E-state index in [1.54, 1.807) is 0 Å². The summed E-state index contributed by atoms with van der Waals surface area (Å²) in [5.41, 5.74) is 14.4. The van der Waals surface area contributed by atoms with E-state index >= 15 is 0 Å². The molecule has 0 atom stereocenters. The number of hydrogen-bond donors (Lipinski definition) is 0. The standard InChI is InChI=1S/C62H38N4O2/c1-62(2)49-34-52-48(33-47(49)43-29-26-35-14-3-4-15-37(35)58(43)62)40-18-7-10-22-50(40)66(52)51-31-30-44(38-16-5-6-17-39(38)51)60-63-59(36-27-28-42-41-19-8-11-23-53(41)68-56(42)32-36)64-61(65-60)46-21-13-25-55-57(46)45-20-9-12-24-54(45)67-55/h3-34H,1-2H3. The Morgan fingerprint density at radius 3 is 1.87 bits per heavy atom. The maximum atomic E-state index is 6.39. The second kappa shape index (κ2) is 13.6. The quantitative estimate of drug-likeness (QED) is 0.176. The Bertz CT molecular complexity index is 4490. The summed E-state index contributed by atoms with van der Waals surface area (Å²) in [5, 5.41) is 11.3. The van der Waals surface area contributed by atoms with E-state index in [4.69, 9.17) is 23.8 Å². The number of fused-ring (bicyclic) bond motifs is 15. The van der Waals surface area contributed by atoms with E-state index in [1.807, 2.05) is 48.5 Å². The lowest BCUT2D eigenvalue weighted by Crippen LogP contribution is -2.15. The molecule has 0 aliphatic heterocycles. The van der Waals surface area contributed by atoms with Crippen LogP contribution in [0.1, 0.15) is 25.0 Å². The summed E-state index contributed by atoms with van der Waals surface area (Å²) in [6, 6.07) is 68.9. The van der Waals surface area contributed by atoms with Crippen LogP contribution in [0.5, 0.6) is 0 Å². The second-order valence-electron chi connectivity index (χ2n) is 18.7. The molecule has 318 valence electrons. The summed E-state index contributed by atoms with van der Waals surface area (Å²) < 4.78 is 15.2. The first-order chi connectivity index (χ1) is 33.5. The Labute approximate surface area is 389 Å². The molecule has 4 heterocycles. The molecule has 0 spiro atoms. The fourth-order valence-corrected chi connectivity index (χ4v) is 11.6. The van der Waals surface area contributed by atoms with Crippen LogP contribution >= 0.6 is 0 Å². The molecule has 4 aromatic heterocycles. The molecule has 14 aromatic rings. The van der Waals surface area contributed by atoms with E-state index in [9.17, 15) is 0 Å². The summed E-state index contributed by atoms with van der Waals surface area (Å²) in [4.78, 5) is 16.0. The Balaban J connectivity index is 0.961. The molecule has 0 radical (unpaired) electrons. The molecule has 0 bridgehead atoms. The predicted octanol–water partition coefficient (Wildman–Crippen LogP) is 16.4. The van der Waals surface area contributed by atoms with Gasteiger partial charge in [-0.05, 0) is 99.1 Å². The zero-order chi connectivity index (χ0) is 44.8. The number of aromatic nitrogens is 4. The number of nitrogens with zero attached hydrogens (tertiary/aromatic N) is 4. The van der Waals surface area contributed by atoms with Gasteiger partial charge in [-0.2, -0.15) is 0 Å². The average Bonchev–Trinajstić information content (AvgIpc) is 4.11. The van der Waals surface area contributed by atoms with Crippen LogP contribution in [-0.4, -0.2) is 19.5 Å². The molecule has 1 aliphatic rings. The normalized spacial score (nSPS) is 13.3. The molecule has 6 heteroatoms. The molecule has 0 saturated heterocycles. The van der Waals surface area contributed by atoms with Gasteiger partial charge in [0, 0.05) is 59.8 Å². The van der Waals surface area contributed by atoms with Crippen molar-refractivity contribution in [2.75, 3.05) is 0 Å². The number of para-hydroxylation sites is 3. The zero-order valence-electron chi connectivity index (χ0n) is 37.1. The zero-order valence-corrected chi connectivity index (χ0v) is 37.1. The molecule has 1 aliphatic carbocycles. The van der Waals surface area contributed by atoms with Crippen LogP contribution in [0.3, 0.4) is 0 Å². The van der Waals surface area contributed by atoms with Gasteiger partial charge in [-0.1, -0.05) is 147 Å². The van der Waals surface area contributed by atoms with Crippen LogP contribution in [0.2, 0.25) is 0 Å². The lowest BCUT2D eigenvalue weighted by Gasteiger charge is -2.23. The molecule has 0 amide bonds. The molecule has 15 rings (SSSR count). The van der Waals surface area contributed by atoms with E-state index in [-0.39, 0.29) is 5.41 Å². The van der Waals surface area contributed by atoms with Crippen LogP contribution in [0.25, 0.3) is 138 Å². The van der Waals surface area contributed by atoms with Crippen LogP contribution in [0, 0.1) is 0 Å². The van der Waals surface area contributed by atoms with Crippen LogP contribution in [0.4, 0.5) is 0 Å². The maximum absolute atomic E-state index is 6.39. The molecule has 0 fully saturated rings. The minimum absolute atomic E-state index is 0.205. The number of rotatable bonds is 4. The highest BCUT2D eigenvalue weighted by Gasteiger charge is 2.38. The highest BCUT2D eigenvalue weighted by atomic mass is 16.3. The summed E-state index contributed by atoms with van der Waals surface area (Å²) in [6.45, 7) is 4.77. The highest BCUT2D eigenvalue weighted by Crippen LogP contribution is 2.53. The van der Waals surface area contributed by atoms with Gasteiger partial charge in [0.25, 0.3) is 0 Å². The number of furan rings is 2. The first kappa shape index (κ1) is 37.4. The topological polar surface area (TPSA) is 69.9 Å². The van der Waals surface area contributed by atoms with Crippen molar-refractivity contribution in [2.24, 2.45) is 0 Å². The Kier molecular flexibility index (Phi) is 7.47. The smallest absolute Gasteiger partial charge is 0.164 e. The third-order valence-electron chi connectivity index (χ3n) is 14.6. The minimum atomic E-state index is -0.205. The van der Waals surface area contributed by atoms with Gasteiger partial charge in [0.15, 0.2) is 17.5 Å². The van der Waals surface area contributed by atoms with Gasteiger partial charge in [-0.3, -0.25) is 0 Å². The second-order valence-corrected chi connectivity index (χ2v) is 18.7. The molecule has 10 aromatic carbocycles. The maximum Gasteiger partial charge on any atom is 0.164 e. The van der Waals surface area contributed by atoms with Crippen molar-refractivity contribution in [3.8, 4) is 51.0 Å². The van der Waals surface area contributed by atoms with E-state index in [2.05, 4.69) is 164 Å². The Morgan fingerprint density at radius 1 is 0.382 bits per heavy atom. The van der Waals surface area contributed by atoms with Crippen LogP contribution < -0.4 is 0 Å². The van der Waals surface area contributed by atoms with Gasteiger partial charge in [0.1, 0.15) is 22.3 Å². The summed E-state index contributed by atoms with van der Waals surface area (Å²) in [5.74, 6) is 1.69. The first-order valence-corrected chi connectivity index (χ1v) is 23.2. The molecular weight excluding hydrogens is 833 g/mol. The van der Waals surface area contributed by atoms with Gasteiger partial charge in [0.05, 0.1) is 16.7 Å². The predicted molar refractivity (Wildman–Crippen MR) is 278 cm³/mol. The minimum Gasteiger partial charge on any atom is -0.456 e. The largest absolute Gasteiger partial charge is 0.456 e. The third kappa shape index (κ3) is 5.14. The van der Waals surface area contributed by atoms with E-state index in [1.165, 1.54) is 49.3 Å². The summed E-state index contributed by atoms with van der Waals surface area (Å²) in [7, 11) is 0. The fraction of sp³-hybridized carbons (Fsp3) is 0.0484. The summed E-state index contributed by atoms with van der Waals surface area (Å²) >= 11 is 0. The first-order valence-electron chi connectivity index (χ1n) is 23.2.